The van der Waals surface area contributed by atoms with Crippen molar-refractivity contribution in [3.8, 4) is 0 Å². The van der Waals surface area contributed by atoms with Gasteiger partial charge in [0.2, 0.25) is 0 Å². The zero-order chi connectivity index (χ0) is 19.7. The van der Waals surface area contributed by atoms with Crippen LogP contribution in [0, 0.1) is 6.92 Å². The molecule has 28 heavy (non-hydrogen) atoms. The summed E-state index contributed by atoms with van der Waals surface area (Å²) in [7, 11) is -6.00. The van der Waals surface area contributed by atoms with E-state index in [1.165, 1.54) is 0 Å². The molecule has 0 radical (unpaired) electrons. The molecule has 0 aromatic heterocycles. The van der Waals surface area contributed by atoms with Crippen LogP contribution in [0.4, 0.5) is 0 Å². The van der Waals surface area contributed by atoms with Gasteiger partial charge in [0.05, 0.1) is 4.90 Å². The highest BCUT2D eigenvalue weighted by atomic mass is 32.2. The molecule has 0 amide bonds. The summed E-state index contributed by atoms with van der Waals surface area (Å²) in [4.78, 5) is 0.212. The molecular formula is C23H19O3PS. The minimum Gasteiger partial charge on any atom is -0.309 e. The molecule has 3 nitrogen and oxygen atoms in total. The minimum atomic E-state index is -3.23. The maximum absolute atomic E-state index is 14.6. The van der Waals surface area contributed by atoms with Gasteiger partial charge in [-0.1, -0.05) is 78.9 Å². The van der Waals surface area contributed by atoms with Crippen LogP contribution >= 0.6 is 7.14 Å². The number of aryl methyl sites for hydroxylation is 1. The van der Waals surface area contributed by atoms with Gasteiger partial charge < -0.3 is 4.57 Å². The van der Waals surface area contributed by atoms with E-state index in [0.29, 0.717) is 21.5 Å². The smallest absolute Gasteiger partial charge is 0.171 e. The van der Waals surface area contributed by atoms with Crippen LogP contribution in [0.2, 0.25) is 0 Å². The van der Waals surface area contributed by atoms with Gasteiger partial charge in [0, 0.05) is 15.9 Å². The van der Waals surface area contributed by atoms with Crippen LogP contribution in [0.25, 0.3) is 10.8 Å². The van der Waals surface area contributed by atoms with E-state index in [-0.39, 0.29) is 4.90 Å². The van der Waals surface area contributed by atoms with Crippen LogP contribution < -0.4 is 15.9 Å². The van der Waals surface area contributed by atoms with Gasteiger partial charge in [0.1, 0.15) is 0 Å². The number of hydrogen-bond acceptors (Lipinski definition) is 3. The van der Waals surface area contributed by atoms with Crippen LogP contribution in [0.1, 0.15) is 5.56 Å². The predicted molar refractivity (Wildman–Crippen MR) is 117 cm³/mol. The number of rotatable bonds is 4. The number of thiol groups is 1. The molecule has 1 atom stereocenters. The van der Waals surface area contributed by atoms with Gasteiger partial charge in [-0.15, -0.1) is 0 Å². The average Bonchev–Trinajstić information content (AvgIpc) is 2.73. The van der Waals surface area contributed by atoms with Gasteiger partial charge in [-0.05, 0) is 35.4 Å². The second kappa shape index (κ2) is 7.38. The second-order valence-corrected chi connectivity index (χ2v) is 10.5. The molecule has 1 unspecified atom stereocenters. The average molecular weight is 406 g/mol. The van der Waals surface area contributed by atoms with Crippen LogP contribution in [-0.2, 0) is 15.3 Å². The summed E-state index contributed by atoms with van der Waals surface area (Å²) in [5.74, 6) is 0. The highest BCUT2D eigenvalue weighted by Crippen LogP contribution is 2.43. The summed E-state index contributed by atoms with van der Waals surface area (Å²) in [5.41, 5.74) is 0.651. The third-order valence-electron chi connectivity index (χ3n) is 4.97. The lowest BCUT2D eigenvalue weighted by Gasteiger charge is -2.21. The second-order valence-electron chi connectivity index (χ2n) is 6.70. The molecule has 4 rings (SSSR count). The summed E-state index contributed by atoms with van der Waals surface area (Å²) in [6.07, 6.45) is 0. The van der Waals surface area contributed by atoms with Gasteiger partial charge in [-0.2, -0.15) is 0 Å². The van der Waals surface area contributed by atoms with Crippen molar-refractivity contribution in [1.29, 1.82) is 0 Å². The van der Waals surface area contributed by atoms with Crippen molar-refractivity contribution in [2.24, 2.45) is 0 Å². The Kier molecular flexibility index (Phi) is 4.92. The van der Waals surface area contributed by atoms with Crippen LogP contribution in [0.5, 0.6) is 0 Å². The van der Waals surface area contributed by atoms with E-state index in [1.54, 1.807) is 25.1 Å². The number of fused-ring (bicyclic) bond motifs is 1. The summed E-state index contributed by atoms with van der Waals surface area (Å²) in [6, 6.07) is 28.0. The van der Waals surface area contributed by atoms with Crippen molar-refractivity contribution in [3.05, 3.63) is 96.6 Å². The normalized spacial score (nSPS) is 13.5. The van der Waals surface area contributed by atoms with Crippen molar-refractivity contribution in [1.82, 2.24) is 0 Å². The molecule has 0 saturated heterocycles. The summed E-state index contributed by atoms with van der Waals surface area (Å²) in [5, 5.41) is 3.96. The predicted octanol–water partition coefficient (Wildman–Crippen LogP) is 3.76. The van der Waals surface area contributed by atoms with Crippen molar-refractivity contribution in [3.63, 3.8) is 0 Å². The maximum atomic E-state index is 14.6. The highest BCUT2D eigenvalue weighted by Gasteiger charge is 2.30. The Morgan fingerprint density at radius 2 is 1.25 bits per heavy atom. The lowest BCUT2D eigenvalue weighted by molar-refractivity contribution is 0.592. The SMILES string of the molecule is Cc1ccc(P(=O)(c2ccccc2)c2ccc3ccccc3c2)cc1[SH](=O)=O. The van der Waals surface area contributed by atoms with Gasteiger partial charge in [0.25, 0.3) is 0 Å². The van der Waals surface area contributed by atoms with Crippen LogP contribution in [0.15, 0.2) is 95.9 Å². The number of hydrogen-bond donors (Lipinski definition) is 1. The molecule has 0 fully saturated rings. The minimum absolute atomic E-state index is 0.212. The maximum Gasteiger partial charge on any atom is 0.171 e. The van der Waals surface area contributed by atoms with Gasteiger partial charge in [0.15, 0.2) is 17.8 Å². The van der Waals surface area contributed by atoms with E-state index in [0.717, 1.165) is 10.8 Å². The molecule has 4 aromatic rings. The van der Waals surface area contributed by atoms with E-state index in [1.807, 2.05) is 72.8 Å². The highest BCUT2D eigenvalue weighted by molar-refractivity contribution is 7.85. The first-order chi connectivity index (χ1) is 13.5. The molecule has 0 spiro atoms. The molecule has 4 aromatic carbocycles. The van der Waals surface area contributed by atoms with Gasteiger partial charge >= 0.3 is 0 Å². The molecule has 0 N–H and O–H groups in total. The van der Waals surface area contributed by atoms with E-state index < -0.39 is 17.8 Å². The van der Waals surface area contributed by atoms with Crippen LogP contribution in [0.3, 0.4) is 0 Å². The first-order valence-electron chi connectivity index (χ1n) is 8.91. The van der Waals surface area contributed by atoms with E-state index in [4.69, 9.17) is 0 Å². The topological polar surface area (TPSA) is 51.2 Å². The Labute approximate surface area is 166 Å². The molecule has 140 valence electrons. The fourth-order valence-corrected chi connectivity index (χ4v) is 6.84. The summed E-state index contributed by atoms with van der Waals surface area (Å²) >= 11 is 0. The molecule has 0 aliphatic rings. The van der Waals surface area contributed by atoms with E-state index >= 15 is 0 Å². The molecule has 5 heteroatoms. The van der Waals surface area contributed by atoms with Gasteiger partial charge in [-0.25, -0.2) is 8.42 Å². The molecular weight excluding hydrogens is 387 g/mol. The van der Waals surface area contributed by atoms with E-state index in [2.05, 4.69) is 0 Å². The fraction of sp³-hybridized carbons (Fsp3) is 0.0435. The van der Waals surface area contributed by atoms with Crippen molar-refractivity contribution >= 4 is 44.5 Å². The van der Waals surface area contributed by atoms with Crippen LogP contribution in [-0.4, -0.2) is 8.42 Å². The fourth-order valence-electron chi connectivity index (χ4n) is 3.45. The van der Waals surface area contributed by atoms with E-state index in [9.17, 15) is 13.0 Å². The first kappa shape index (κ1) is 18.7. The Morgan fingerprint density at radius 3 is 1.96 bits per heavy atom. The Hall–Kier alpha value is -2.68. The van der Waals surface area contributed by atoms with Gasteiger partial charge in [-0.3, -0.25) is 0 Å². The largest absolute Gasteiger partial charge is 0.309 e. The quantitative estimate of drug-likeness (QED) is 0.415. The lowest BCUT2D eigenvalue weighted by Crippen LogP contribution is -2.25. The zero-order valence-corrected chi connectivity index (χ0v) is 17.1. The molecule has 0 heterocycles. The first-order valence-corrected chi connectivity index (χ1v) is 11.8. The number of benzene rings is 4. The standard InChI is InChI=1S/C23H19O3PS/c1-17-11-13-22(16-23(17)28(25)26)27(24,20-9-3-2-4-10-20)21-14-12-18-7-5-6-8-19(18)15-21/h2-16,28H,1H3. The lowest BCUT2D eigenvalue weighted by atomic mass is 10.1. The third kappa shape index (κ3) is 3.19. The molecule has 0 aliphatic heterocycles. The zero-order valence-electron chi connectivity index (χ0n) is 15.3. The van der Waals surface area contributed by atoms with Crippen molar-refractivity contribution < 1.29 is 13.0 Å². The molecule has 0 aliphatic carbocycles. The van der Waals surface area contributed by atoms with Crippen molar-refractivity contribution in [2.45, 2.75) is 11.8 Å². The van der Waals surface area contributed by atoms with Crippen molar-refractivity contribution in [2.75, 3.05) is 0 Å². The Bertz CT molecular complexity index is 1290. The monoisotopic (exact) mass is 406 g/mol. The Morgan fingerprint density at radius 1 is 0.643 bits per heavy atom. The molecule has 0 saturated carbocycles. The third-order valence-corrected chi connectivity index (χ3v) is 8.88. The molecule has 0 bridgehead atoms. The Balaban J connectivity index is 2.03. The summed E-state index contributed by atoms with van der Waals surface area (Å²) in [6.45, 7) is 1.74. The summed E-state index contributed by atoms with van der Waals surface area (Å²) < 4.78 is 37.9.